The zero-order valence-electron chi connectivity index (χ0n) is 9.59. The first kappa shape index (κ1) is 15.9. The van der Waals surface area contributed by atoms with Gasteiger partial charge in [-0.1, -0.05) is 5.57 Å². The topological polar surface area (TPSA) is 37.3 Å². The van der Waals surface area contributed by atoms with Gasteiger partial charge < -0.3 is 22.0 Å². The van der Waals surface area contributed by atoms with E-state index in [9.17, 15) is 4.79 Å². The molecule has 0 aliphatic heterocycles. The van der Waals surface area contributed by atoms with Crippen LogP contribution in [0.2, 0.25) is 0 Å². The molecule has 0 aliphatic rings. The number of carboxylic acid groups (broad SMARTS) is 1. The Labute approximate surface area is 92.4 Å². The van der Waals surface area contributed by atoms with Crippen molar-refractivity contribution in [2.45, 2.75) is 20.3 Å². The van der Waals surface area contributed by atoms with Crippen LogP contribution in [0.15, 0.2) is 11.1 Å². The van der Waals surface area contributed by atoms with Crippen molar-refractivity contribution in [3.63, 3.8) is 0 Å². The first-order valence-corrected chi connectivity index (χ1v) is 4.44. The normalized spacial score (nSPS) is 12.9. The Hall–Kier alpha value is -0.540. The Balaban J connectivity index is 0. The fraction of sp³-hybridized carbons (Fsp3) is 0.700. The minimum absolute atomic E-state index is 0. The largest absolute Gasteiger partial charge is 1.00 e. The van der Waals surface area contributed by atoms with Crippen LogP contribution in [0, 0.1) is 0 Å². The molecule has 3 nitrogen and oxygen atoms in total. The Morgan fingerprint density at radius 1 is 1.21 bits per heavy atom. The second-order valence-electron chi connectivity index (χ2n) is 4.47. The van der Waals surface area contributed by atoms with Crippen molar-refractivity contribution >= 4 is 5.97 Å². The van der Waals surface area contributed by atoms with Gasteiger partial charge in [-0.25, -0.2) is 4.79 Å². The third-order valence-corrected chi connectivity index (χ3v) is 2.12. The Morgan fingerprint density at radius 2 is 1.64 bits per heavy atom. The number of quaternary nitrogens is 1. The standard InChI is InChI=1S/C10H19NO2.ClH/c1-8(9(2)10(12)13)6-7-11(3,4)5;/h6-7H2,1-5H3;1H. The van der Waals surface area contributed by atoms with Crippen molar-refractivity contribution in [1.29, 1.82) is 0 Å². The van der Waals surface area contributed by atoms with E-state index in [-0.39, 0.29) is 12.4 Å². The van der Waals surface area contributed by atoms with Gasteiger partial charge in [0.2, 0.25) is 0 Å². The summed E-state index contributed by atoms with van der Waals surface area (Å²) in [5, 5.41) is 8.72. The predicted molar refractivity (Wildman–Crippen MR) is 53.5 cm³/mol. The van der Waals surface area contributed by atoms with Gasteiger partial charge in [0.05, 0.1) is 27.7 Å². The number of carbonyl (C=O) groups is 1. The zero-order valence-corrected chi connectivity index (χ0v) is 10.4. The van der Waals surface area contributed by atoms with Crippen LogP contribution in [-0.4, -0.2) is 43.2 Å². The maximum Gasteiger partial charge on any atom is 0.331 e. The lowest BCUT2D eigenvalue weighted by atomic mass is 10.1. The first-order valence-electron chi connectivity index (χ1n) is 4.44. The van der Waals surface area contributed by atoms with Crippen LogP contribution in [0.25, 0.3) is 0 Å². The highest BCUT2D eigenvalue weighted by atomic mass is 35.5. The molecule has 0 atom stereocenters. The van der Waals surface area contributed by atoms with Crippen LogP contribution in [0.5, 0.6) is 0 Å². The average molecular weight is 222 g/mol. The van der Waals surface area contributed by atoms with E-state index in [0.717, 1.165) is 23.0 Å². The van der Waals surface area contributed by atoms with E-state index >= 15 is 0 Å². The van der Waals surface area contributed by atoms with Crippen LogP contribution < -0.4 is 12.4 Å². The lowest BCUT2D eigenvalue weighted by Gasteiger charge is -2.24. The van der Waals surface area contributed by atoms with Crippen molar-refractivity contribution < 1.29 is 26.8 Å². The third kappa shape index (κ3) is 6.92. The molecule has 0 saturated heterocycles. The number of aliphatic carboxylic acids is 1. The Morgan fingerprint density at radius 3 is 1.93 bits per heavy atom. The molecule has 0 unspecified atom stereocenters. The molecule has 0 spiro atoms. The van der Waals surface area contributed by atoms with Crippen molar-refractivity contribution in [2.75, 3.05) is 27.7 Å². The highest BCUT2D eigenvalue weighted by Crippen LogP contribution is 2.09. The molecular weight excluding hydrogens is 202 g/mol. The second kappa shape index (κ2) is 6.04. The highest BCUT2D eigenvalue weighted by Gasteiger charge is 2.10. The molecule has 0 aliphatic carbocycles. The first-order chi connectivity index (χ1) is 5.74. The van der Waals surface area contributed by atoms with E-state index in [4.69, 9.17) is 5.11 Å². The van der Waals surface area contributed by atoms with Crippen LogP contribution in [0.4, 0.5) is 0 Å². The van der Waals surface area contributed by atoms with Crippen molar-refractivity contribution in [1.82, 2.24) is 0 Å². The summed E-state index contributed by atoms with van der Waals surface area (Å²) >= 11 is 0. The molecule has 0 heterocycles. The quantitative estimate of drug-likeness (QED) is 0.464. The summed E-state index contributed by atoms with van der Waals surface area (Å²) in [6.45, 7) is 4.52. The molecule has 0 aromatic carbocycles. The fourth-order valence-corrected chi connectivity index (χ4v) is 0.873. The lowest BCUT2D eigenvalue weighted by Crippen LogP contribution is -3.00. The molecule has 0 aromatic rings. The molecule has 0 fully saturated rings. The zero-order chi connectivity index (χ0) is 10.6. The molecule has 0 saturated carbocycles. The molecule has 14 heavy (non-hydrogen) atoms. The summed E-state index contributed by atoms with van der Waals surface area (Å²) in [7, 11) is 6.30. The van der Waals surface area contributed by atoms with Crippen LogP contribution in [0.1, 0.15) is 20.3 Å². The van der Waals surface area contributed by atoms with E-state index in [0.29, 0.717) is 5.57 Å². The maximum absolute atomic E-state index is 10.6. The minimum atomic E-state index is -0.807. The Bertz CT molecular complexity index is 229. The Kier molecular flexibility index (Phi) is 6.86. The number of nitrogens with zero attached hydrogens (tertiary/aromatic N) is 1. The van der Waals surface area contributed by atoms with E-state index in [1.165, 1.54) is 0 Å². The number of rotatable bonds is 4. The molecule has 0 amide bonds. The van der Waals surface area contributed by atoms with Crippen LogP contribution in [-0.2, 0) is 4.79 Å². The van der Waals surface area contributed by atoms with E-state index in [2.05, 4.69) is 21.1 Å². The van der Waals surface area contributed by atoms with Gasteiger partial charge in [0, 0.05) is 12.0 Å². The monoisotopic (exact) mass is 221 g/mol. The molecular formula is C10H20ClNO2. The van der Waals surface area contributed by atoms with E-state index in [1.54, 1.807) is 6.92 Å². The average Bonchev–Trinajstić information content (AvgIpc) is 1.97. The number of carboxylic acids is 1. The van der Waals surface area contributed by atoms with Gasteiger partial charge in [0.15, 0.2) is 0 Å². The van der Waals surface area contributed by atoms with Gasteiger partial charge in [0.25, 0.3) is 0 Å². The van der Waals surface area contributed by atoms with Crippen LogP contribution in [0.3, 0.4) is 0 Å². The van der Waals surface area contributed by atoms with Gasteiger partial charge in [-0.3, -0.25) is 0 Å². The van der Waals surface area contributed by atoms with E-state index in [1.807, 2.05) is 6.92 Å². The molecule has 0 rings (SSSR count). The number of halogens is 1. The van der Waals surface area contributed by atoms with Gasteiger partial charge in [0.1, 0.15) is 0 Å². The highest BCUT2D eigenvalue weighted by molar-refractivity contribution is 5.86. The second-order valence-corrected chi connectivity index (χ2v) is 4.47. The molecule has 0 radical (unpaired) electrons. The van der Waals surface area contributed by atoms with Gasteiger partial charge in [-0.15, -0.1) is 0 Å². The lowest BCUT2D eigenvalue weighted by molar-refractivity contribution is -0.870. The fourth-order valence-electron chi connectivity index (χ4n) is 0.873. The SMILES string of the molecule is CC(CC[N+](C)(C)C)=C(C)C(=O)O.[Cl-]. The van der Waals surface area contributed by atoms with E-state index < -0.39 is 5.97 Å². The van der Waals surface area contributed by atoms with Crippen molar-refractivity contribution in [2.24, 2.45) is 0 Å². The summed E-state index contributed by atoms with van der Waals surface area (Å²) in [5.74, 6) is -0.807. The summed E-state index contributed by atoms with van der Waals surface area (Å²) in [4.78, 5) is 10.6. The van der Waals surface area contributed by atoms with Gasteiger partial charge >= 0.3 is 5.97 Å². The maximum atomic E-state index is 10.6. The predicted octanol–water partition coefficient (Wildman–Crippen LogP) is -1.49. The third-order valence-electron chi connectivity index (χ3n) is 2.12. The smallest absolute Gasteiger partial charge is 0.331 e. The van der Waals surface area contributed by atoms with Gasteiger partial charge in [-0.05, 0) is 13.8 Å². The molecule has 84 valence electrons. The molecule has 1 N–H and O–H groups in total. The van der Waals surface area contributed by atoms with Crippen molar-refractivity contribution in [3.8, 4) is 0 Å². The number of hydrogen-bond acceptors (Lipinski definition) is 1. The molecule has 4 heteroatoms. The summed E-state index contributed by atoms with van der Waals surface area (Å²) in [6, 6.07) is 0. The summed E-state index contributed by atoms with van der Waals surface area (Å²) in [5.41, 5.74) is 1.45. The van der Waals surface area contributed by atoms with Crippen LogP contribution >= 0.6 is 0 Å². The molecule has 0 aromatic heterocycles. The summed E-state index contributed by atoms with van der Waals surface area (Å²) in [6.07, 6.45) is 0.849. The minimum Gasteiger partial charge on any atom is -1.00 e. The van der Waals surface area contributed by atoms with Gasteiger partial charge in [-0.2, -0.15) is 0 Å². The number of hydrogen-bond donors (Lipinski definition) is 1. The molecule has 0 bridgehead atoms. The summed E-state index contributed by atoms with van der Waals surface area (Å²) < 4.78 is 0.865. The van der Waals surface area contributed by atoms with Crippen molar-refractivity contribution in [3.05, 3.63) is 11.1 Å².